The number of benzene rings is 1. The van der Waals surface area contributed by atoms with Gasteiger partial charge in [0.25, 0.3) is 10.1 Å². The molecule has 0 unspecified atom stereocenters. The van der Waals surface area contributed by atoms with Crippen LogP contribution in [0.1, 0.15) is 128 Å². The van der Waals surface area contributed by atoms with Crippen molar-refractivity contribution >= 4 is 10.1 Å². The second kappa shape index (κ2) is 16.8. The number of unbranched alkanes of at least 4 members (excludes halogenated alkanes) is 14. The van der Waals surface area contributed by atoms with Gasteiger partial charge in [0.05, 0.1) is 4.90 Å². The second-order valence-corrected chi connectivity index (χ2v) is 10.2. The van der Waals surface area contributed by atoms with Crippen LogP contribution < -0.4 is 0 Å². The quantitative estimate of drug-likeness (QED) is 0.174. The van der Waals surface area contributed by atoms with E-state index in [0.29, 0.717) is 0 Å². The van der Waals surface area contributed by atoms with E-state index < -0.39 is 10.1 Å². The first-order chi connectivity index (χ1) is 14.5. The Balaban J connectivity index is 2.50. The van der Waals surface area contributed by atoms with Gasteiger partial charge in [0.1, 0.15) is 0 Å². The lowest BCUT2D eigenvalue weighted by Crippen LogP contribution is -2.07. The Morgan fingerprint density at radius 1 is 0.633 bits per heavy atom. The van der Waals surface area contributed by atoms with Crippen LogP contribution in [0, 0.1) is 0 Å². The van der Waals surface area contributed by atoms with Crippen LogP contribution in [0.5, 0.6) is 0 Å². The lowest BCUT2D eigenvalue weighted by Gasteiger charge is -2.14. The summed E-state index contributed by atoms with van der Waals surface area (Å²) in [5.41, 5.74) is 1.97. The molecule has 1 aromatic rings. The van der Waals surface area contributed by atoms with Crippen molar-refractivity contribution in [2.24, 2.45) is 0 Å². The Morgan fingerprint density at radius 3 is 1.53 bits per heavy atom. The molecule has 1 N–H and O–H groups in total. The molecule has 3 nitrogen and oxygen atoms in total. The molecule has 1 rings (SSSR count). The molecular formula is C26H46O3S. The minimum atomic E-state index is -4.16. The maximum absolute atomic E-state index is 11.9. The first-order valence-electron chi connectivity index (χ1n) is 12.6. The van der Waals surface area contributed by atoms with Gasteiger partial charge in [0.15, 0.2) is 0 Å². The van der Waals surface area contributed by atoms with E-state index in [1.165, 1.54) is 83.5 Å². The summed E-state index contributed by atoms with van der Waals surface area (Å²) in [6.45, 7) is 4.48. The zero-order valence-corrected chi connectivity index (χ0v) is 20.4. The maximum Gasteiger partial charge on any atom is 0.294 e. The highest BCUT2D eigenvalue weighted by atomic mass is 32.2. The number of aryl methyl sites for hydroxylation is 1. The fraction of sp³-hybridized carbons (Fsp3) is 0.769. The highest BCUT2D eigenvalue weighted by Gasteiger charge is 2.17. The third-order valence-electron chi connectivity index (χ3n) is 6.09. The number of rotatable bonds is 19. The summed E-state index contributed by atoms with van der Waals surface area (Å²) in [4.78, 5) is 0.127. The summed E-state index contributed by atoms with van der Waals surface area (Å²) < 4.78 is 33.5. The maximum atomic E-state index is 11.9. The summed E-state index contributed by atoms with van der Waals surface area (Å²) in [7, 11) is -4.16. The van der Waals surface area contributed by atoms with Gasteiger partial charge in [-0.3, -0.25) is 4.55 Å². The zero-order chi connectivity index (χ0) is 22.1. The van der Waals surface area contributed by atoms with Crippen LogP contribution in [0.2, 0.25) is 0 Å². The lowest BCUT2D eigenvalue weighted by molar-refractivity contribution is 0.481. The van der Waals surface area contributed by atoms with Gasteiger partial charge in [0, 0.05) is 0 Å². The molecule has 0 aliphatic heterocycles. The molecule has 0 aromatic heterocycles. The van der Waals surface area contributed by atoms with Crippen LogP contribution in [0.4, 0.5) is 0 Å². The summed E-state index contributed by atoms with van der Waals surface area (Å²) in [6, 6.07) is 5.39. The molecule has 0 spiro atoms. The van der Waals surface area contributed by atoms with E-state index in [2.05, 4.69) is 19.9 Å². The Bertz CT molecular complexity index is 652. The van der Waals surface area contributed by atoms with Crippen molar-refractivity contribution in [3.63, 3.8) is 0 Å². The van der Waals surface area contributed by atoms with Crippen molar-refractivity contribution in [1.82, 2.24) is 0 Å². The molecular weight excluding hydrogens is 392 g/mol. The molecule has 4 heteroatoms. The van der Waals surface area contributed by atoms with Crippen molar-refractivity contribution in [3.8, 4) is 0 Å². The average molecular weight is 439 g/mol. The van der Waals surface area contributed by atoms with Gasteiger partial charge >= 0.3 is 0 Å². The van der Waals surface area contributed by atoms with E-state index in [4.69, 9.17) is 0 Å². The first-order valence-corrected chi connectivity index (χ1v) is 14.0. The monoisotopic (exact) mass is 438 g/mol. The van der Waals surface area contributed by atoms with Crippen LogP contribution in [-0.2, 0) is 23.0 Å². The van der Waals surface area contributed by atoms with E-state index >= 15 is 0 Å². The number of hydrogen-bond donors (Lipinski definition) is 1. The standard InChI is InChI=1S/C26H46O3S/c1-3-5-7-9-11-13-15-17-20-24-21-19-23-26(30(27,28)29)25(24)22-18-16-14-12-10-8-6-4-2/h19,21,23H,3-18,20,22H2,1-2H3,(H,27,28,29). The van der Waals surface area contributed by atoms with Crippen molar-refractivity contribution in [2.75, 3.05) is 0 Å². The molecule has 0 atom stereocenters. The third kappa shape index (κ3) is 12.1. The van der Waals surface area contributed by atoms with Crippen LogP contribution >= 0.6 is 0 Å². The largest absolute Gasteiger partial charge is 0.294 e. The Morgan fingerprint density at radius 2 is 1.07 bits per heavy atom. The first kappa shape index (κ1) is 27.2. The highest BCUT2D eigenvalue weighted by Crippen LogP contribution is 2.24. The SMILES string of the molecule is CCCCCCCCCCc1cccc(S(=O)(=O)O)c1CCCCCCCCCC. The topological polar surface area (TPSA) is 54.4 Å². The molecule has 30 heavy (non-hydrogen) atoms. The second-order valence-electron chi connectivity index (χ2n) is 8.82. The summed E-state index contributed by atoms with van der Waals surface area (Å²) >= 11 is 0. The predicted octanol–water partition coefficient (Wildman–Crippen LogP) is 8.30. The normalized spacial score (nSPS) is 11.8. The molecule has 0 heterocycles. The minimum absolute atomic E-state index is 0.127. The van der Waals surface area contributed by atoms with Gasteiger partial charge in [-0.25, -0.2) is 0 Å². The van der Waals surface area contributed by atoms with E-state index in [9.17, 15) is 13.0 Å². The van der Waals surface area contributed by atoms with Gasteiger partial charge in [0.2, 0.25) is 0 Å². The zero-order valence-electron chi connectivity index (χ0n) is 19.6. The predicted molar refractivity (Wildman–Crippen MR) is 129 cm³/mol. The molecule has 0 amide bonds. The lowest BCUT2D eigenvalue weighted by atomic mass is 9.96. The smallest absolute Gasteiger partial charge is 0.282 e. The van der Waals surface area contributed by atoms with E-state index in [1.54, 1.807) is 12.1 Å². The third-order valence-corrected chi connectivity index (χ3v) is 7.03. The van der Waals surface area contributed by atoms with Gasteiger partial charge in [-0.05, 0) is 42.9 Å². The Labute approximate surface area is 186 Å². The molecule has 174 valence electrons. The van der Waals surface area contributed by atoms with Crippen molar-refractivity contribution in [1.29, 1.82) is 0 Å². The Kier molecular flexibility index (Phi) is 15.2. The molecule has 0 aliphatic rings. The minimum Gasteiger partial charge on any atom is -0.282 e. The molecule has 0 saturated carbocycles. The molecule has 1 aromatic carbocycles. The highest BCUT2D eigenvalue weighted by molar-refractivity contribution is 7.85. The van der Waals surface area contributed by atoms with Crippen LogP contribution in [0.15, 0.2) is 23.1 Å². The molecule has 0 saturated heterocycles. The van der Waals surface area contributed by atoms with Crippen molar-refractivity contribution in [3.05, 3.63) is 29.3 Å². The Hall–Kier alpha value is -0.870. The van der Waals surface area contributed by atoms with Crippen LogP contribution in [-0.4, -0.2) is 13.0 Å². The molecule has 0 aliphatic carbocycles. The van der Waals surface area contributed by atoms with Crippen LogP contribution in [0.3, 0.4) is 0 Å². The van der Waals surface area contributed by atoms with Gasteiger partial charge < -0.3 is 0 Å². The fourth-order valence-electron chi connectivity index (χ4n) is 4.26. The van der Waals surface area contributed by atoms with Crippen molar-refractivity contribution in [2.45, 2.75) is 134 Å². The molecule has 0 radical (unpaired) electrons. The van der Waals surface area contributed by atoms with Crippen LogP contribution in [0.25, 0.3) is 0 Å². The van der Waals surface area contributed by atoms with Gasteiger partial charge in [-0.2, -0.15) is 8.42 Å². The van der Waals surface area contributed by atoms with E-state index in [1.807, 2.05) is 0 Å². The summed E-state index contributed by atoms with van der Waals surface area (Å²) in [5, 5.41) is 0. The number of hydrogen-bond acceptors (Lipinski definition) is 2. The molecule has 0 bridgehead atoms. The summed E-state index contributed by atoms with van der Waals surface area (Å²) in [5.74, 6) is 0. The average Bonchev–Trinajstić information content (AvgIpc) is 2.71. The van der Waals surface area contributed by atoms with Gasteiger partial charge in [-0.15, -0.1) is 0 Å². The van der Waals surface area contributed by atoms with E-state index in [-0.39, 0.29) is 4.90 Å². The van der Waals surface area contributed by atoms with Crippen molar-refractivity contribution < 1.29 is 13.0 Å². The van der Waals surface area contributed by atoms with Gasteiger partial charge in [-0.1, -0.05) is 116 Å². The molecule has 0 fully saturated rings. The summed E-state index contributed by atoms with van der Waals surface area (Å²) in [6.07, 6.45) is 21.6. The van der Waals surface area contributed by atoms with E-state index in [0.717, 1.165) is 43.2 Å². The fourth-order valence-corrected chi connectivity index (χ4v) is 5.05.